The molecule has 0 radical (unpaired) electrons. The molecule has 4 nitrogen and oxygen atoms in total. The Morgan fingerprint density at radius 2 is 1.71 bits per heavy atom. The predicted octanol–water partition coefficient (Wildman–Crippen LogP) is 2.94. The van der Waals surface area contributed by atoms with Gasteiger partial charge in [-0.15, -0.1) is 0 Å². The normalized spacial score (nSPS) is 12.2. The van der Waals surface area contributed by atoms with Gasteiger partial charge >= 0.3 is 0 Å². The Kier molecular flexibility index (Phi) is 2.80. The lowest BCUT2D eigenvalue weighted by atomic mass is 9.86. The number of hydrogen-bond acceptors (Lipinski definition) is 3. The largest absolute Gasteiger partial charge is 0.439 e. The molecule has 2 aromatic heterocycles. The average Bonchev–Trinajstić information content (AvgIpc) is 2.42. The lowest BCUT2D eigenvalue weighted by Gasteiger charge is -2.19. The van der Waals surface area contributed by atoms with Gasteiger partial charge < -0.3 is 4.42 Å². The van der Waals surface area contributed by atoms with E-state index in [2.05, 4.69) is 20.8 Å². The van der Waals surface area contributed by atoms with Crippen LogP contribution in [0.3, 0.4) is 0 Å². The molecule has 0 spiro atoms. The van der Waals surface area contributed by atoms with E-state index in [1.54, 1.807) is 13.1 Å². The van der Waals surface area contributed by atoms with Gasteiger partial charge in [-0.25, -0.2) is 0 Å². The third-order valence-electron chi connectivity index (χ3n) is 3.80. The van der Waals surface area contributed by atoms with Crippen LogP contribution in [0, 0.1) is 0 Å². The Balaban J connectivity index is 2.48. The van der Waals surface area contributed by atoms with Crippen molar-refractivity contribution in [2.45, 2.75) is 26.2 Å². The van der Waals surface area contributed by atoms with E-state index in [9.17, 15) is 9.59 Å². The Labute approximate surface area is 121 Å². The predicted molar refractivity (Wildman–Crippen MR) is 83.9 cm³/mol. The number of hydrogen-bond donors (Lipinski definition) is 0. The van der Waals surface area contributed by atoms with Crippen LogP contribution in [0.5, 0.6) is 0 Å². The summed E-state index contributed by atoms with van der Waals surface area (Å²) in [6, 6.07) is 8.56. The molecule has 0 N–H and O–H groups in total. The first-order chi connectivity index (χ1) is 9.79. The van der Waals surface area contributed by atoms with Crippen molar-refractivity contribution in [3.05, 3.63) is 56.5 Å². The monoisotopic (exact) mass is 283 g/mol. The Morgan fingerprint density at radius 3 is 2.38 bits per heavy atom. The number of aryl methyl sites for hydroxylation is 1. The molecule has 0 aliphatic rings. The zero-order valence-electron chi connectivity index (χ0n) is 12.6. The minimum atomic E-state index is -0.198. The molecule has 0 saturated heterocycles. The lowest BCUT2D eigenvalue weighted by molar-refractivity contribution is 0.588. The smallest absolute Gasteiger partial charge is 0.253 e. The molecule has 0 atom stereocenters. The Morgan fingerprint density at radius 1 is 1.00 bits per heavy atom. The topological polar surface area (TPSA) is 52.2 Å². The summed E-state index contributed by atoms with van der Waals surface area (Å²) in [5, 5.41) is 0.976. The van der Waals surface area contributed by atoms with Gasteiger partial charge in [0.2, 0.25) is 11.1 Å². The first-order valence-corrected chi connectivity index (χ1v) is 6.86. The van der Waals surface area contributed by atoms with Gasteiger partial charge in [0.15, 0.2) is 0 Å². The van der Waals surface area contributed by atoms with Crippen molar-refractivity contribution in [1.29, 1.82) is 0 Å². The fourth-order valence-electron chi connectivity index (χ4n) is 2.43. The zero-order chi connectivity index (χ0) is 15.4. The maximum atomic E-state index is 12.7. The van der Waals surface area contributed by atoms with Crippen LogP contribution >= 0.6 is 0 Å². The van der Waals surface area contributed by atoms with Crippen LogP contribution in [0.15, 0.2) is 44.3 Å². The SMILES string of the molecule is Cn1c(=O)ccc2c(=O)c3cc(C(C)(C)C)ccc3oc21. The van der Waals surface area contributed by atoms with E-state index in [4.69, 9.17) is 4.42 Å². The van der Waals surface area contributed by atoms with Crippen LogP contribution in [0.25, 0.3) is 22.1 Å². The van der Waals surface area contributed by atoms with E-state index >= 15 is 0 Å². The van der Waals surface area contributed by atoms with Gasteiger partial charge in [0.05, 0.1) is 10.8 Å². The third-order valence-corrected chi connectivity index (χ3v) is 3.80. The van der Waals surface area contributed by atoms with Gasteiger partial charge in [-0.1, -0.05) is 26.8 Å². The summed E-state index contributed by atoms with van der Waals surface area (Å²) in [5.74, 6) is 0. The van der Waals surface area contributed by atoms with Crippen molar-refractivity contribution in [3.63, 3.8) is 0 Å². The Bertz CT molecular complexity index is 971. The first-order valence-electron chi connectivity index (χ1n) is 6.86. The van der Waals surface area contributed by atoms with Crippen LogP contribution in [0.4, 0.5) is 0 Å². The first kappa shape index (κ1) is 13.6. The molecule has 0 aliphatic carbocycles. The van der Waals surface area contributed by atoms with Crippen molar-refractivity contribution in [2.75, 3.05) is 0 Å². The van der Waals surface area contributed by atoms with E-state index in [1.165, 1.54) is 16.7 Å². The van der Waals surface area contributed by atoms with E-state index in [0.29, 0.717) is 22.1 Å². The fraction of sp³-hybridized carbons (Fsp3) is 0.294. The third kappa shape index (κ3) is 2.07. The van der Waals surface area contributed by atoms with Crippen molar-refractivity contribution in [1.82, 2.24) is 4.57 Å². The summed E-state index contributed by atoms with van der Waals surface area (Å²) >= 11 is 0. The second-order valence-electron chi connectivity index (χ2n) is 6.34. The minimum absolute atomic E-state index is 0.0425. The molecule has 1 aromatic carbocycles. The molecular formula is C17H17NO3. The Hall–Kier alpha value is -2.36. The number of rotatable bonds is 0. The van der Waals surface area contributed by atoms with Crippen molar-refractivity contribution in [3.8, 4) is 0 Å². The van der Waals surface area contributed by atoms with E-state index in [0.717, 1.165) is 5.56 Å². The van der Waals surface area contributed by atoms with Gasteiger partial charge in [-0.3, -0.25) is 14.2 Å². The molecule has 2 heterocycles. The number of aromatic nitrogens is 1. The average molecular weight is 283 g/mol. The van der Waals surface area contributed by atoms with Gasteiger partial charge in [0.25, 0.3) is 5.56 Å². The molecule has 0 aliphatic heterocycles. The highest BCUT2D eigenvalue weighted by Gasteiger charge is 2.16. The molecular weight excluding hydrogens is 266 g/mol. The van der Waals surface area contributed by atoms with Gasteiger partial charge in [-0.2, -0.15) is 0 Å². The van der Waals surface area contributed by atoms with E-state index in [1.807, 2.05) is 12.1 Å². The number of fused-ring (bicyclic) bond motifs is 2. The summed E-state index contributed by atoms with van der Waals surface area (Å²) in [5.41, 5.74) is 1.54. The molecule has 0 unspecified atom stereocenters. The second kappa shape index (κ2) is 4.32. The van der Waals surface area contributed by atoms with E-state index in [-0.39, 0.29) is 16.4 Å². The van der Waals surface area contributed by atoms with Gasteiger partial charge in [0.1, 0.15) is 5.58 Å². The quantitative estimate of drug-likeness (QED) is 0.596. The van der Waals surface area contributed by atoms with Crippen LogP contribution in [-0.4, -0.2) is 4.57 Å². The molecule has 3 aromatic rings. The summed E-state index contributed by atoms with van der Waals surface area (Å²) in [7, 11) is 1.60. The highest BCUT2D eigenvalue weighted by molar-refractivity contribution is 5.88. The minimum Gasteiger partial charge on any atom is -0.439 e. The second-order valence-corrected chi connectivity index (χ2v) is 6.34. The standard InChI is InChI=1S/C17H17NO3/c1-17(2,3)10-5-7-13-12(9-10)15(20)11-6-8-14(19)18(4)16(11)21-13/h5-9H,1-4H3. The van der Waals surface area contributed by atoms with Crippen molar-refractivity contribution >= 4 is 22.1 Å². The number of nitrogens with zero attached hydrogens (tertiary/aromatic N) is 1. The summed E-state index contributed by atoms with van der Waals surface area (Å²) < 4.78 is 7.12. The maximum absolute atomic E-state index is 12.7. The molecule has 0 amide bonds. The molecule has 0 fully saturated rings. The summed E-state index contributed by atoms with van der Waals surface area (Å²) in [4.78, 5) is 24.3. The van der Waals surface area contributed by atoms with Gasteiger partial charge in [0, 0.05) is 13.1 Å². The molecule has 0 bridgehead atoms. The van der Waals surface area contributed by atoms with E-state index < -0.39 is 0 Å². The summed E-state index contributed by atoms with van der Waals surface area (Å²) in [6.07, 6.45) is 0. The van der Waals surface area contributed by atoms with Gasteiger partial charge in [-0.05, 0) is 29.2 Å². The summed E-state index contributed by atoms with van der Waals surface area (Å²) in [6.45, 7) is 6.29. The zero-order valence-corrected chi connectivity index (χ0v) is 12.6. The molecule has 21 heavy (non-hydrogen) atoms. The lowest BCUT2D eigenvalue weighted by Crippen LogP contribution is -2.18. The fourth-order valence-corrected chi connectivity index (χ4v) is 2.43. The van der Waals surface area contributed by atoms with Crippen LogP contribution in [-0.2, 0) is 12.5 Å². The molecule has 0 saturated carbocycles. The maximum Gasteiger partial charge on any atom is 0.253 e. The number of pyridine rings is 1. The van der Waals surface area contributed by atoms with Crippen LogP contribution in [0.2, 0.25) is 0 Å². The molecule has 108 valence electrons. The van der Waals surface area contributed by atoms with Crippen molar-refractivity contribution in [2.24, 2.45) is 7.05 Å². The van der Waals surface area contributed by atoms with Crippen LogP contribution < -0.4 is 11.0 Å². The highest BCUT2D eigenvalue weighted by atomic mass is 16.3. The molecule has 4 heteroatoms. The molecule has 3 rings (SSSR count). The highest BCUT2D eigenvalue weighted by Crippen LogP contribution is 2.26. The van der Waals surface area contributed by atoms with Crippen LogP contribution in [0.1, 0.15) is 26.3 Å². The van der Waals surface area contributed by atoms with Crippen molar-refractivity contribution < 1.29 is 4.42 Å². The number of benzene rings is 1.